The van der Waals surface area contributed by atoms with Crippen LogP contribution >= 0.6 is 0 Å². The largest absolute Gasteiger partial charge is 0.493 e. The molecule has 1 fully saturated rings. The van der Waals surface area contributed by atoms with Crippen molar-refractivity contribution in [2.24, 2.45) is 11.8 Å². The maximum absolute atomic E-state index is 15.0. The van der Waals surface area contributed by atoms with Gasteiger partial charge in [-0.3, -0.25) is 4.79 Å². The van der Waals surface area contributed by atoms with E-state index in [1.54, 1.807) is 6.07 Å². The number of aryl methyl sites for hydroxylation is 1. The van der Waals surface area contributed by atoms with E-state index in [1.807, 2.05) is 24.5 Å². The number of halogens is 1. The number of hydrogen-bond donors (Lipinski definition) is 2. The van der Waals surface area contributed by atoms with E-state index < -0.39 is 0 Å². The van der Waals surface area contributed by atoms with Gasteiger partial charge in [0.2, 0.25) is 11.9 Å². The fourth-order valence-corrected chi connectivity index (χ4v) is 5.19. The first-order chi connectivity index (χ1) is 18.5. The lowest BCUT2D eigenvalue weighted by Gasteiger charge is -2.31. The average Bonchev–Trinajstić information content (AvgIpc) is 2.96. The Kier molecular flexibility index (Phi) is 10.1. The minimum atomic E-state index is -0.316. The smallest absolute Gasteiger partial charge is 0.226 e. The summed E-state index contributed by atoms with van der Waals surface area (Å²) in [6.45, 7) is 4.54. The molecular formula is C29H39FN4O4. The molecule has 1 unspecified atom stereocenters. The van der Waals surface area contributed by atoms with Crippen LogP contribution in [0.2, 0.25) is 0 Å². The van der Waals surface area contributed by atoms with Gasteiger partial charge < -0.3 is 24.7 Å². The van der Waals surface area contributed by atoms with E-state index >= 15 is 4.39 Å². The molecule has 1 aromatic carbocycles. The number of aliphatic hydroxyl groups excluding tert-OH is 2. The van der Waals surface area contributed by atoms with Crippen LogP contribution in [0.3, 0.4) is 0 Å². The molecule has 1 amide bonds. The van der Waals surface area contributed by atoms with Crippen molar-refractivity contribution in [1.29, 1.82) is 0 Å². The minimum Gasteiger partial charge on any atom is -0.493 e. The molecule has 1 atom stereocenters. The summed E-state index contributed by atoms with van der Waals surface area (Å²) in [5.41, 5.74) is 2.58. The van der Waals surface area contributed by atoms with Crippen LogP contribution in [0.1, 0.15) is 50.2 Å². The Labute approximate surface area is 224 Å². The van der Waals surface area contributed by atoms with Crippen LogP contribution in [0.15, 0.2) is 36.7 Å². The highest BCUT2D eigenvalue weighted by Crippen LogP contribution is 2.34. The fraction of sp³-hybridized carbons (Fsp3) is 0.552. The number of allylic oxidation sites excluding steroid dienone is 2. The number of piperidine rings is 1. The molecule has 9 heteroatoms. The third-order valence-electron chi connectivity index (χ3n) is 7.58. The van der Waals surface area contributed by atoms with Crippen LogP contribution in [-0.4, -0.2) is 77.0 Å². The molecule has 1 aliphatic carbocycles. The molecule has 1 saturated heterocycles. The maximum atomic E-state index is 15.0. The Morgan fingerprint density at radius 2 is 1.84 bits per heavy atom. The molecule has 2 aromatic rings. The monoisotopic (exact) mass is 526 g/mol. The topological polar surface area (TPSA) is 99.0 Å². The number of anilines is 1. The predicted molar refractivity (Wildman–Crippen MR) is 144 cm³/mol. The lowest BCUT2D eigenvalue weighted by molar-refractivity contribution is -0.136. The van der Waals surface area contributed by atoms with Gasteiger partial charge in [-0.25, -0.2) is 14.4 Å². The second-order valence-electron chi connectivity index (χ2n) is 10.1. The number of hydrogen-bond acceptors (Lipinski definition) is 7. The second-order valence-corrected chi connectivity index (χ2v) is 10.1. The van der Waals surface area contributed by atoms with E-state index in [4.69, 9.17) is 4.74 Å². The van der Waals surface area contributed by atoms with Gasteiger partial charge in [0.15, 0.2) is 0 Å². The summed E-state index contributed by atoms with van der Waals surface area (Å²) in [6.07, 6.45) is 10.3. The lowest BCUT2D eigenvalue weighted by Crippen LogP contribution is -2.40. The van der Waals surface area contributed by atoms with Crippen molar-refractivity contribution in [2.45, 2.75) is 45.4 Å². The molecule has 4 rings (SSSR count). The van der Waals surface area contributed by atoms with E-state index in [1.165, 1.54) is 11.0 Å². The Morgan fingerprint density at radius 3 is 2.42 bits per heavy atom. The third-order valence-corrected chi connectivity index (χ3v) is 7.58. The van der Waals surface area contributed by atoms with E-state index in [0.717, 1.165) is 49.4 Å². The van der Waals surface area contributed by atoms with Crippen molar-refractivity contribution in [3.63, 3.8) is 0 Å². The molecule has 0 bridgehead atoms. The Bertz CT molecular complexity index is 1080. The van der Waals surface area contributed by atoms with Crippen LogP contribution < -0.4 is 9.64 Å². The zero-order chi connectivity index (χ0) is 26.9. The molecule has 1 aromatic heterocycles. The summed E-state index contributed by atoms with van der Waals surface area (Å²) < 4.78 is 21.0. The van der Waals surface area contributed by atoms with Gasteiger partial charge in [0, 0.05) is 56.1 Å². The summed E-state index contributed by atoms with van der Waals surface area (Å²) in [4.78, 5) is 25.4. The molecule has 0 saturated carbocycles. The molecule has 38 heavy (non-hydrogen) atoms. The predicted octanol–water partition coefficient (Wildman–Crippen LogP) is 3.47. The molecule has 2 aliphatic rings. The molecule has 8 nitrogen and oxygen atoms in total. The molecular weight excluding hydrogens is 487 g/mol. The second kappa shape index (κ2) is 13.7. The Balaban J connectivity index is 1.26. The van der Waals surface area contributed by atoms with Crippen molar-refractivity contribution >= 4 is 17.4 Å². The van der Waals surface area contributed by atoms with Crippen molar-refractivity contribution in [3.05, 3.63) is 53.6 Å². The summed E-state index contributed by atoms with van der Waals surface area (Å²) in [5.74, 6) is 1.11. The van der Waals surface area contributed by atoms with E-state index in [9.17, 15) is 15.0 Å². The van der Waals surface area contributed by atoms with Gasteiger partial charge in [-0.1, -0.05) is 13.0 Å². The zero-order valence-corrected chi connectivity index (χ0v) is 22.2. The zero-order valence-electron chi connectivity index (χ0n) is 22.2. The molecule has 206 valence electrons. The maximum Gasteiger partial charge on any atom is 0.226 e. The first-order valence-corrected chi connectivity index (χ1v) is 13.7. The van der Waals surface area contributed by atoms with E-state index in [2.05, 4.69) is 21.8 Å². The number of amides is 1. The number of aliphatic hydroxyl groups is 2. The van der Waals surface area contributed by atoms with Crippen molar-refractivity contribution in [1.82, 2.24) is 14.9 Å². The normalized spacial score (nSPS) is 18.3. The van der Waals surface area contributed by atoms with Crippen LogP contribution in [0, 0.1) is 17.7 Å². The van der Waals surface area contributed by atoms with Gasteiger partial charge in [0.05, 0.1) is 19.8 Å². The number of rotatable bonds is 11. The highest BCUT2D eigenvalue weighted by Gasteiger charge is 2.27. The van der Waals surface area contributed by atoms with Gasteiger partial charge in [0.1, 0.15) is 11.6 Å². The van der Waals surface area contributed by atoms with Gasteiger partial charge >= 0.3 is 0 Å². The van der Waals surface area contributed by atoms with Crippen LogP contribution in [0.4, 0.5) is 10.3 Å². The van der Waals surface area contributed by atoms with Gasteiger partial charge in [-0.2, -0.15) is 0 Å². The number of nitrogens with zero attached hydrogens (tertiary/aromatic N) is 4. The number of aromatic nitrogens is 2. The highest BCUT2D eigenvalue weighted by molar-refractivity contribution is 5.81. The Hall–Kier alpha value is -3.04. The molecule has 0 spiro atoms. The summed E-state index contributed by atoms with van der Waals surface area (Å²) >= 11 is 0. The highest BCUT2D eigenvalue weighted by atomic mass is 19.1. The van der Waals surface area contributed by atoms with Crippen molar-refractivity contribution < 1.29 is 24.1 Å². The first kappa shape index (κ1) is 28.0. The van der Waals surface area contributed by atoms with E-state index in [-0.39, 0.29) is 43.9 Å². The third kappa shape index (κ3) is 7.08. The molecule has 0 radical (unpaired) electrons. The SMILES string of the molecule is CCc1cnc(N2CCC(COc3ccc(C4=CCC(C(=O)N(CCO)CCO)CC4)c(F)c3)CC2)nc1. The van der Waals surface area contributed by atoms with Crippen molar-refractivity contribution in [3.8, 4) is 5.75 Å². The van der Waals surface area contributed by atoms with Crippen molar-refractivity contribution in [2.75, 3.05) is 50.9 Å². The minimum absolute atomic E-state index is 0.0691. The number of benzene rings is 1. The van der Waals surface area contributed by atoms with E-state index in [0.29, 0.717) is 43.1 Å². The quantitative estimate of drug-likeness (QED) is 0.463. The summed E-state index contributed by atoms with van der Waals surface area (Å²) in [5, 5.41) is 18.4. The lowest BCUT2D eigenvalue weighted by atomic mass is 9.85. The van der Waals surface area contributed by atoms with Crippen LogP contribution in [0.25, 0.3) is 5.57 Å². The van der Waals surface area contributed by atoms with Gasteiger partial charge in [0.25, 0.3) is 0 Å². The molecule has 1 aliphatic heterocycles. The number of ether oxygens (including phenoxy) is 1. The van der Waals surface area contributed by atoms with Gasteiger partial charge in [-0.15, -0.1) is 0 Å². The summed E-state index contributed by atoms with van der Waals surface area (Å²) in [6, 6.07) is 5.04. The fourth-order valence-electron chi connectivity index (χ4n) is 5.19. The molecule has 2 N–H and O–H groups in total. The van der Waals surface area contributed by atoms with Gasteiger partial charge in [-0.05, 0) is 67.7 Å². The Morgan fingerprint density at radius 1 is 1.13 bits per heavy atom. The average molecular weight is 527 g/mol. The van der Waals surface area contributed by atoms with Crippen LogP contribution in [0.5, 0.6) is 5.75 Å². The molecule has 2 heterocycles. The van der Waals surface area contributed by atoms with Crippen LogP contribution in [-0.2, 0) is 11.2 Å². The number of carbonyl (C=O) groups excluding carboxylic acids is 1. The number of carbonyl (C=O) groups is 1. The standard InChI is InChI=1S/C29H39FN4O4/c1-2-21-18-31-29(32-19-21)34-11-9-22(10-12-34)20-38-25-7-8-26(27(30)17-25)23-3-5-24(6-4-23)28(37)33(13-15-35)14-16-36/h3,7-8,17-19,22,24,35-36H,2,4-6,9-16,20H2,1H3. The first-order valence-electron chi connectivity index (χ1n) is 13.7. The summed E-state index contributed by atoms with van der Waals surface area (Å²) in [7, 11) is 0.